The zero-order chi connectivity index (χ0) is 15.9. The van der Waals surface area contributed by atoms with Crippen molar-refractivity contribution in [2.75, 3.05) is 26.0 Å². The maximum Gasteiger partial charge on any atom is 0.416 e. The van der Waals surface area contributed by atoms with Gasteiger partial charge in [0.2, 0.25) is 0 Å². The van der Waals surface area contributed by atoms with Gasteiger partial charge < -0.3 is 15.8 Å². The summed E-state index contributed by atoms with van der Waals surface area (Å²) in [5, 5.41) is 2.57. The summed E-state index contributed by atoms with van der Waals surface area (Å²) < 4.78 is 42.7. The van der Waals surface area contributed by atoms with E-state index in [9.17, 15) is 18.0 Å². The van der Waals surface area contributed by atoms with Crippen molar-refractivity contribution in [2.24, 2.45) is 0 Å². The van der Waals surface area contributed by atoms with E-state index in [-0.39, 0.29) is 11.3 Å². The van der Waals surface area contributed by atoms with Crippen molar-refractivity contribution in [3.63, 3.8) is 0 Å². The van der Waals surface area contributed by atoms with Crippen molar-refractivity contribution in [1.82, 2.24) is 5.32 Å². The average molecular weight is 304 g/mol. The molecule has 1 rings (SSSR count). The molecule has 0 radical (unpaired) electrons. The van der Waals surface area contributed by atoms with Crippen LogP contribution in [0.3, 0.4) is 0 Å². The molecule has 0 aliphatic carbocycles. The number of nitrogens with two attached hydrogens (primary N) is 1. The first kappa shape index (κ1) is 17.3. The van der Waals surface area contributed by atoms with E-state index in [4.69, 9.17) is 10.5 Å². The highest BCUT2D eigenvalue weighted by molar-refractivity contribution is 5.99. The second kappa shape index (κ2) is 7.87. The first-order valence-corrected chi connectivity index (χ1v) is 6.60. The van der Waals surface area contributed by atoms with Gasteiger partial charge in [-0.15, -0.1) is 0 Å². The number of hydrogen-bond acceptors (Lipinski definition) is 3. The molecule has 0 aromatic heterocycles. The summed E-state index contributed by atoms with van der Waals surface area (Å²) in [6.07, 6.45) is -2.03. The highest BCUT2D eigenvalue weighted by atomic mass is 19.4. The number of halogens is 3. The maximum absolute atomic E-state index is 12.6. The number of nitrogen functional groups attached to an aromatic ring is 1. The Morgan fingerprint density at radius 1 is 1.29 bits per heavy atom. The van der Waals surface area contributed by atoms with Gasteiger partial charge in [-0.2, -0.15) is 13.2 Å². The van der Waals surface area contributed by atoms with Gasteiger partial charge in [0.15, 0.2) is 0 Å². The minimum absolute atomic E-state index is 0.0277. The molecule has 0 saturated carbocycles. The van der Waals surface area contributed by atoms with Gasteiger partial charge in [-0.25, -0.2) is 0 Å². The summed E-state index contributed by atoms with van der Waals surface area (Å²) in [5.41, 5.74) is 4.55. The highest BCUT2D eigenvalue weighted by Crippen LogP contribution is 2.31. The third kappa shape index (κ3) is 5.63. The number of benzene rings is 1. The monoisotopic (exact) mass is 304 g/mol. The van der Waals surface area contributed by atoms with E-state index in [1.54, 1.807) is 7.11 Å². The largest absolute Gasteiger partial charge is 0.416 e. The molecule has 0 atom stereocenters. The number of alkyl halides is 3. The molecule has 0 heterocycles. The fraction of sp³-hybridized carbons (Fsp3) is 0.500. The van der Waals surface area contributed by atoms with Gasteiger partial charge in [0.25, 0.3) is 5.91 Å². The molecular formula is C14H19F3N2O2. The summed E-state index contributed by atoms with van der Waals surface area (Å²) >= 11 is 0. The fourth-order valence-corrected chi connectivity index (χ4v) is 1.77. The topological polar surface area (TPSA) is 64.3 Å². The first-order valence-electron chi connectivity index (χ1n) is 6.60. The van der Waals surface area contributed by atoms with E-state index >= 15 is 0 Å². The molecule has 0 aliphatic rings. The van der Waals surface area contributed by atoms with E-state index < -0.39 is 17.6 Å². The number of anilines is 1. The summed E-state index contributed by atoms with van der Waals surface area (Å²) in [7, 11) is 1.61. The van der Waals surface area contributed by atoms with Crippen molar-refractivity contribution in [3.8, 4) is 0 Å². The van der Waals surface area contributed by atoms with E-state index in [0.29, 0.717) is 13.2 Å². The van der Waals surface area contributed by atoms with E-state index in [0.717, 1.165) is 37.5 Å². The summed E-state index contributed by atoms with van der Waals surface area (Å²) in [6.45, 7) is 1.03. The smallest absolute Gasteiger partial charge is 0.398 e. The van der Waals surface area contributed by atoms with Crippen LogP contribution in [0.25, 0.3) is 0 Å². The van der Waals surface area contributed by atoms with Gasteiger partial charge in [-0.3, -0.25) is 4.79 Å². The number of unbranched alkanes of at least 4 members (excludes halogenated alkanes) is 2. The number of ether oxygens (including phenoxy) is 1. The number of carbonyl (C=O) groups excluding carboxylic acids is 1. The Hall–Kier alpha value is -1.76. The molecule has 0 fully saturated rings. The second-order valence-electron chi connectivity index (χ2n) is 4.61. The van der Waals surface area contributed by atoms with Crippen LogP contribution in [-0.4, -0.2) is 26.2 Å². The minimum atomic E-state index is -4.50. The molecule has 118 valence electrons. The van der Waals surface area contributed by atoms with Gasteiger partial charge in [-0.05, 0) is 37.5 Å². The Kier molecular flexibility index (Phi) is 6.48. The highest BCUT2D eigenvalue weighted by Gasteiger charge is 2.31. The third-order valence-corrected chi connectivity index (χ3v) is 2.94. The Bertz CT molecular complexity index is 476. The number of nitrogens with one attached hydrogen (secondary N) is 1. The standard InChI is InChI=1S/C14H19F3N2O2/c1-21-8-4-2-3-7-19-13(20)11-9-10(14(15,16)17)5-6-12(11)18/h5-6,9H,2-4,7-8,18H2,1H3,(H,19,20). The normalized spacial score (nSPS) is 11.4. The average Bonchev–Trinajstić information content (AvgIpc) is 2.41. The lowest BCUT2D eigenvalue weighted by molar-refractivity contribution is -0.137. The number of rotatable bonds is 7. The van der Waals surface area contributed by atoms with Crippen LogP contribution in [-0.2, 0) is 10.9 Å². The lowest BCUT2D eigenvalue weighted by Gasteiger charge is -2.11. The molecule has 0 spiro atoms. The lowest BCUT2D eigenvalue weighted by Crippen LogP contribution is -2.26. The van der Waals surface area contributed by atoms with Crippen LogP contribution in [0.15, 0.2) is 18.2 Å². The summed E-state index contributed by atoms with van der Waals surface area (Å²) in [4.78, 5) is 11.9. The molecule has 1 amide bonds. The van der Waals surface area contributed by atoms with Gasteiger partial charge in [0.1, 0.15) is 0 Å². The van der Waals surface area contributed by atoms with Crippen LogP contribution in [0.2, 0.25) is 0 Å². The molecule has 3 N–H and O–H groups in total. The van der Waals surface area contributed by atoms with Crippen LogP contribution in [0.4, 0.5) is 18.9 Å². The van der Waals surface area contributed by atoms with Crippen molar-refractivity contribution in [2.45, 2.75) is 25.4 Å². The van der Waals surface area contributed by atoms with Crippen LogP contribution in [0.5, 0.6) is 0 Å². The van der Waals surface area contributed by atoms with Gasteiger partial charge >= 0.3 is 6.18 Å². The molecule has 1 aromatic rings. The molecule has 7 heteroatoms. The van der Waals surface area contributed by atoms with E-state index in [1.165, 1.54) is 0 Å². The SMILES string of the molecule is COCCCCCNC(=O)c1cc(C(F)(F)F)ccc1N. The molecule has 0 aliphatic heterocycles. The van der Waals surface area contributed by atoms with Crippen molar-refractivity contribution < 1.29 is 22.7 Å². The number of carbonyl (C=O) groups is 1. The summed E-state index contributed by atoms with van der Waals surface area (Å²) in [6, 6.07) is 2.72. The second-order valence-corrected chi connectivity index (χ2v) is 4.61. The van der Waals surface area contributed by atoms with Crippen LogP contribution in [0, 0.1) is 0 Å². The van der Waals surface area contributed by atoms with Crippen LogP contribution < -0.4 is 11.1 Å². The maximum atomic E-state index is 12.6. The quantitative estimate of drug-likeness (QED) is 0.601. The fourth-order valence-electron chi connectivity index (χ4n) is 1.77. The molecule has 21 heavy (non-hydrogen) atoms. The lowest BCUT2D eigenvalue weighted by atomic mass is 10.1. The molecule has 4 nitrogen and oxygen atoms in total. The zero-order valence-electron chi connectivity index (χ0n) is 11.8. The molecule has 0 bridgehead atoms. The molecule has 0 saturated heterocycles. The van der Waals surface area contributed by atoms with E-state index in [1.807, 2.05) is 0 Å². The van der Waals surface area contributed by atoms with Gasteiger partial charge in [0.05, 0.1) is 11.1 Å². The molecular weight excluding hydrogens is 285 g/mol. The van der Waals surface area contributed by atoms with Crippen molar-refractivity contribution in [1.29, 1.82) is 0 Å². The number of methoxy groups -OCH3 is 1. The van der Waals surface area contributed by atoms with Crippen molar-refractivity contribution in [3.05, 3.63) is 29.3 Å². The van der Waals surface area contributed by atoms with Crippen molar-refractivity contribution >= 4 is 11.6 Å². The molecule has 1 aromatic carbocycles. The van der Waals surface area contributed by atoms with E-state index in [2.05, 4.69) is 5.32 Å². The van der Waals surface area contributed by atoms with Crippen LogP contribution in [0.1, 0.15) is 35.2 Å². The predicted octanol–water partition coefficient (Wildman–Crippen LogP) is 2.83. The van der Waals surface area contributed by atoms with Gasteiger partial charge in [0, 0.05) is 25.9 Å². The summed E-state index contributed by atoms with van der Waals surface area (Å²) in [5.74, 6) is -0.592. The molecule has 0 unspecified atom stereocenters. The Labute approximate surface area is 121 Å². The minimum Gasteiger partial charge on any atom is -0.398 e. The van der Waals surface area contributed by atoms with Crippen LogP contribution >= 0.6 is 0 Å². The first-order chi connectivity index (χ1) is 9.86. The number of amides is 1. The Balaban J connectivity index is 2.57. The third-order valence-electron chi connectivity index (χ3n) is 2.94. The Morgan fingerprint density at radius 2 is 2.00 bits per heavy atom. The predicted molar refractivity (Wildman–Crippen MR) is 73.9 cm³/mol. The Morgan fingerprint density at radius 3 is 2.62 bits per heavy atom. The van der Waals surface area contributed by atoms with Gasteiger partial charge in [-0.1, -0.05) is 0 Å². The number of hydrogen-bond donors (Lipinski definition) is 2. The zero-order valence-corrected chi connectivity index (χ0v) is 11.8.